The molecule has 0 N–H and O–H groups in total. The van der Waals surface area contributed by atoms with E-state index in [1.807, 2.05) is 0 Å². The number of nitrogens with zero attached hydrogens (tertiary/aromatic N) is 1. The minimum absolute atomic E-state index is 0.768. The van der Waals surface area contributed by atoms with E-state index in [2.05, 4.69) is 30.4 Å². The molecule has 1 heterocycles. The van der Waals surface area contributed by atoms with Crippen LogP contribution in [0.2, 0.25) is 0 Å². The smallest absolute Gasteiger partial charge is 0.0546 e. The van der Waals surface area contributed by atoms with Gasteiger partial charge >= 0.3 is 0 Å². The summed E-state index contributed by atoms with van der Waals surface area (Å²) in [6.07, 6.45) is 2.49. The predicted octanol–water partition coefficient (Wildman–Crippen LogP) is 2.91. The monoisotopic (exact) mass is 249 g/mol. The maximum absolute atomic E-state index is 5.66. The van der Waals surface area contributed by atoms with Crippen molar-refractivity contribution in [1.82, 2.24) is 4.90 Å². The summed E-state index contributed by atoms with van der Waals surface area (Å²) < 4.78 is 5.66. The molecule has 0 saturated carbocycles. The Labute approximate surface area is 103 Å². The molecular formula is C11H23NOS2. The topological polar surface area (TPSA) is 12.5 Å². The molecule has 0 bridgehead atoms. The van der Waals surface area contributed by atoms with Crippen LogP contribution in [0.25, 0.3) is 0 Å². The number of hydrogen-bond donors (Lipinski definition) is 1. The van der Waals surface area contributed by atoms with Gasteiger partial charge in [0.1, 0.15) is 0 Å². The zero-order valence-corrected chi connectivity index (χ0v) is 11.5. The Hall–Kier alpha value is 0.620. The van der Waals surface area contributed by atoms with Crippen LogP contribution in [-0.4, -0.2) is 37.1 Å². The van der Waals surface area contributed by atoms with Gasteiger partial charge in [0.15, 0.2) is 0 Å². The van der Waals surface area contributed by atoms with Crippen LogP contribution in [-0.2, 0) is 4.74 Å². The zero-order valence-electron chi connectivity index (χ0n) is 9.82. The largest absolute Gasteiger partial charge is 0.381 e. The summed E-state index contributed by atoms with van der Waals surface area (Å²) in [6, 6.07) is 0. The highest BCUT2D eigenvalue weighted by Gasteiger charge is 2.25. The summed E-state index contributed by atoms with van der Waals surface area (Å²) in [7, 11) is 1.60. The average Bonchev–Trinajstić information content (AvgIpc) is 2.12. The third-order valence-electron chi connectivity index (χ3n) is 2.70. The van der Waals surface area contributed by atoms with Crippen LogP contribution in [0.5, 0.6) is 0 Å². The molecule has 0 aromatic carbocycles. The molecule has 1 fully saturated rings. The van der Waals surface area contributed by atoms with Gasteiger partial charge in [-0.15, -0.1) is 11.7 Å². The molecule has 1 aliphatic heterocycles. The zero-order chi connectivity index (χ0) is 11.1. The first-order valence-electron chi connectivity index (χ1n) is 5.78. The van der Waals surface area contributed by atoms with Crippen molar-refractivity contribution in [3.05, 3.63) is 0 Å². The van der Waals surface area contributed by atoms with E-state index in [1.54, 1.807) is 10.8 Å². The molecule has 0 aromatic rings. The van der Waals surface area contributed by atoms with Crippen LogP contribution in [0.4, 0.5) is 0 Å². The van der Waals surface area contributed by atoms with Gasteiger partial charge in [-0.1, -0.05) is 24.6 Å². The SMILES string of the molecule is CC(C)CCCOCC1CN(CSS)C1. The Bertz CT molecular complexity index is 161. The summed E-state index contributed by atoms with van der Waals surface area (Å²) in [5, 5.41) is 0. The van der Waals surface area contributed by atoms with Crippen LogP contribution in [0.1, 0.15) is 26.7 Å². The van der Waals surface area contributed by atoms with Crippen LogP contribution < -0.4 is 0 Å². The lowest BCUT2D eigenvalue weighted by Crippen LogP contribution is -2.48. The van der Waals surface area contributed by atoms with Crippen molar-refractivity contribution in [1.29, 1.82) is 0 Å². The Kier molecular flexibility index (Phi) is 7.14. The molecule has 0 unspecified atom stereocenters. The average molecular weight is 249 g/mol. The van der Waals surface area contributed by atoms with Crippen molar-refractivity contribution in [3.63, 3.8) is 0 Å². The van der Waals surface area contributed by atoms with E-state index in [9.17, 15) is 0 Å². The number of hydrogen-bond acceptors (Lipinski definition) is 4. The second-order valence-corrected chi connectivity index (χ2v) is 6.06. The Balaban J connectivity index is 1.82. The Morgan fingerprint density at radius 1 is 1.47 bits per heavy atom. The summed E-state index contributed by atoms with van der Waals surface area (Å²) in [5.41, 5.74) is 0. The predicted molar refractivity (Wildman–Crippen MR) is 71.4 cm³/mol. The van der Waals surface area contributed by atoms with Crippen LogP contribution in [0, 0.1) is 11.8 Å². The van der Waals surface area contributed by atoms with Gasteiger partial charge in [0.05, 0.1) is 12.5 Å². The first kappa shape index (κ1) is 13.7. The number of thiol groups is 1. The van der Waals surface area contributed by atoms with Crippen molar-refractivity contribution >= 4 is 22.5 Å². The molecule has 1 aliphatic rings. The van der Waals surface area contributed by atoms with E-state index < -0.39 is 0 Å². The second-order valence-electron chi connectivity index (χ2n) is 4.77. The minimum atomic E-state index is 0.768. The molecule has 90 valence electrons. The third-order valence-corrected chi connectivity index (χ3v) is 3.52. The lowest BCUT2D eigenvalue weighted by Gasteiger charge is -2.38. The summed E-state index contributed by atoms with van der Waals surface area (Å²) in [6.45, 7) is 8.80. The van der Waals surface area contributed by atoms with E-state index in [4.69, 9.17) is 4.74 Å². The minimum Gasteiger partial charge on any atom is -0.381 e. The fourth-order valence-electron chi connectivity index (χ4n) is 1.81. The Morgan fingerprint density at radius 2 is 2.20 bits per heavy atom. The highest BCUT2D eigenvalue weighted by molar-refractivity contribution is 8.68. The normalized spacial score (nSPS) is 18.4. The van der Waals surface area contributed by atoms with Gasteiger partial charge < -0.3 is 4.74 Å². The Morgan fingerprint density at radius 3 is 2.80 bits per heavy atom. The summed E-state index contributed by atoms with van der Waals surface area (Å²) >= 11 is 4.14. The first-order valence-corrected chi connectivity index (χ1v) is 7.82. The molecule has 2 nitrogen and oxygen atoms in total. The number of likely N-dealkylation sites (tertiary alicyclic amines) is 1. The van der Waals surface area contributed by atoms with Crippen LogP contribution in [0.15, 0.2) is 0 Å². The van der Waals surface area contributed by atoms with E-state index in [0.717, 1.165) is 30.9 Å². The van der Waals surface area contributed by atoms with E-state index in [0.29, 0.717) is 0 Å². The van der Waals surface area contributed by atoms with Crippen molar-refractivity contribution in [2.75, 3.05) is 32.2 Å². The molecule has 0 spiro atoms. The molecule has 0 radical (unpaired) electrons. The quantitative estimate of drug-likeness (QED) is 0.404. The third kappa shape index (κ3) is 6.05. The van der Waals surface area contributed by atoms with Gasteiger partial charge in [-0.25, -0.2) is 0 Å². The first-order chi connectivity index (χ1) is 7.22. The van der Waals surface area contributed by atoms with Gasteiger partial charge in [-0.05, 0) is 18.8 Å². The highest BCUT2D eigenvalue weighted by Crippen LogP contribution is 2.20. The lowest BCUT2D eigenvalue weighted by molar-refractivity contribution is 0.0230. The summed E-state index contributed by atoms with van der Waals surface area (Å²) in [5.74, 6) is 2.62. The molecule has 1 rings (SSSR count). The molecule has 0 atom stereocenters. The van der Waals surface area contributed by atoms with E-state index >= 15 is 0 Å². The molecule has 0 aliphatic carbocycles. The van der Waals surface area contributed by atoms with Gasteiger partial charge in [0.2, 0.25) is 0 Å². The van der Waals surface area contributed by atoms with Crippen molar-refractivity contribution in [2.45, 2.75) is 26.7 Å². The van der Waals surface area contributed by atoms with E-state index in [-0.39, 0.29) is 0 Å². The maximum Gasteiger partial charge on any atom is 0.0546 e. The highest BCUT2D eigenvalue weighted by atomic mass is 33.1. The van der Waals surface area contributed by atoms with Crippen molar-refractivity contribution in [3.8, 4) is 0 Å². The van der Waals surface area contributed by atoms with Crippen molar-refractivity contribution in [2.24, 2.45) is 11.8 Å². The lowest BCUT2D eigenvalue weighted by atomic mass is 10.0. The second kappa shape index (κ2) is 7.82. The van der Waals surface area contributed by atoms with Crippen LogP contribution in [0.3, 0.4) is 0 Å². The number of rotatable bonds is 8. The summed E-state index contributed by atoms with van der Waals surface area (Å²) in [4.78, 5) is 2.40. The standard InChI is InChI=1S/C11H23NOS2/c1-10(2)4-3-5-13-8-11-6-12(7-11)9-15-14/h10-11,14H,3-9H2,1-2H3. The van der Waals surface area contributed by atoms with Gasteiger partial charge in [0.25, 0.3) is 0 Å². The van der Waals surface area contributed by atoms with Gasteiger partial charge in [-0.3, -0.25) is 4.90 Å². The van der Waals surface area contributed by atoms with Gasteiger partial charge in [-0.2, -0.15) is 0 Å². The maximum atomic E-state index is 5.66. The molecule has 1 saturated heterocycles. The molecular weight excluding hydrogens is 226 g/mol. The van der Waals surface area contributed by atoms with Crippen molar-refractivity contribution < 1.29 is 4.74 Å². The van der Waals surface area contributed by atoms with Crippen LogP contribution >= 0.6 is 22.5 Å². The molecule has 0 aromatic heterocycles. The fraction of sp³-hybridized carbons (Fsp3) is 1.00. The molecule has 4 heteroatoms. The van der Waals surface area contributed by atoms with E-state index in [1.165, 1.54) is 25.9 Å². The fourth-order valence-corrected chi connectivity index (χ4v) is 2.68. The number of ether oxygens (including phenoxy) is 1. The van der Waals surface area contributed by atoms with Gasteiger partial charge in [0, 0.05) is 25.6 Å². The molecule has 0 amide bonds. The molecule has 15 heavy (non-hydrogen) atoms.